The lowest BCUT2D eigenvalue weighted by molar-refractivity contribution is -0.192. The fourth-order valence-corrected chi connectivity index (χ4v) is 4.35. The molecule has 3 heterocycles. The van der Waals surface area contributed by atoms with Gasteiger partial charge in [0.1, 0.15) is 11.0 Å². The van der Waals surface area contributed by atoms with E-state index in [0.717, 1.165) is 12.1 Å². The molecule has 2 aromatic carbocycles. The summed E-state index contributed by atoms with van der Waals surface area (Å²) in [6.45, 7) is 3.22. The number of amides is 2. The number of rotatable bonds is 9. The van der Waals surface area contributed by atoms with E-state index in [9.17, 15) is 31.1 Å². The summed E-state index contributed by atoms with van der Waals surface area (Å²) < 4.78 is 83.5. The third-order valence-electron chi connectivity index (χ3n) is 6.47. The molecule has 3 aromatic heterocycles. The second kappa shape index (κ2) is 14.9. The lowest BCUT2D eigenvalue weighted by atomic mass is 10.1. The van der Waals surface area contributed by atoms with Crippen LogP contribution in [0.5, 0.6) is 5.75 Å². The highest BCUT2D eigenvalue weighted by Gasteiger charge is 2.38. The third kappa shape index (κ3) is 8.71. The Hall–Kier alpha value is -5.92. The number of halogens is 6. The van der Waals surface area contributed by atoms with Crippen LogP contribution in [0.2, 0.25) is 0 Å². The topological polar surface area (TPSA) is 209 Å². The van der Waals surface area contributed by atoms with E-state index < -0.39 is 29.9 Å². The highest BCUT2D eigenvalue weighted by Crippen LogP contribution is 2.37. The van der Waals surface area contributed by atoms with Gasteiger partial charge in [0.25, 0.3) is 0 Å². The molecule has 0 aliphatic rings. The molecule has 0 saturated heterocycles. The summed E-state index contributed by atoms with van der Waals surface area (Å²) in [5.74, 6) is -1.81. The van der Waals surface area contributed by atoms with Gasteiger partial charge in [-0.2, -0.15) is 26.3 Å². The number of hydrogen-bond donors (Lipinski definition) is 5. The third-order valence-corrected chi connectivity index (χ3v) is 6.47. The van der Waals surface area contributed by atoms with Crippen LogP contribution in [0.4, 0.5) is 48.3 Å². The van der Waals surface area contributed by atoms with Crippen molar-refractivity contribution in [1.82, 2.24) is 24.8 Å². The molecule has 49 heavy (non-hydrogen) atoms. The van der Waals surface area contributed by atoms with Crippen LogP contribution in [0.25, 0.3) is 33.8 Å². The number of carboxylic acid groups (broad SMARTS) is 1. The predicted octanol–water partition coefficient (Wildman–Crippen LogP) is 5.77. The number of anilines is 3. The van der Waals surface area contributed by atoms with Crippen LogP contribution in [0.1, 0.15) is 18.9 Å². The molecule has 0 unspecified atom stereocenters. The van der Waals surface area contributed by atoms with Gasteiger partial charge < -0.3 is 36.5 Å². The summed E-state index contributed by atoms with van der Waals surface area (Å²) >= 11 is 0. The van der Waals surface area contributed by atoms with E-state index >= 15 is 0 Å². The van der Waals surface area contributed by atoms with Gasteiger partial charge >= 0.3 is 24.4 Å². The van der Waals surface area contributed by atoms with Gasteiger partial charge in [0.2, 0.25) is 0 Å². The Morgan fingerprint density at radius 1 is 1.00 bits per heavy atom. The summed E-state index contributed by atoms with van der Waals surface area (Å²) in [6, 6.07) is 10.4. The highest BCUT2D eigenvalue weighted by molar-refractivity contribution is 6.01. The first-order valence-electron chi connectivity index (χ1n) is 14.1. The Balaban J connectivity index is 0.000000698. The number of hydrogen-bond acceptors (Lipinski definition) is 10. The van der Waals surface area contributed by atoms with Gasteiger partial charge in [0.05, 0.1) is 24.1 Å². The summed E-state index contributed by atoms with van der Waals surface area (Å²) in [5, 5.41) is 19.8. The molecule has 0 bridgehead atoms. The largest absolute Gasteiger partial charge is 0.490 e. The summed E-state index contributed by atoms with van der Waals surface area (Å²) in [7, 11) is 0. The van der Waals surface area contributed by atoms with E-state index in [1.54, 1.807) is 30.5 Å². The smallest absolute Gasteiger partial charge is 0.490 e. The normalized spacial score (nSPS) is 11.5. The molecule has 0 spiro atoms. The van der Waals surface area contributed by atoms with Gasteiger partial charge in [-0.1, -0.05) is 18.2 Å². The number of benzene rings is 2. The Kier molecular flexibility index (Phi) is 10.9. The number of carbonyl (C=O) groups excluding carboxylic acids is 1. The van der Waals surface area contributed by atoms with E-state index in [0.29, 0.717) is 65.7 Å². The number of aryl methyl sites for hydroxylation is 1. The first-order chi connectivity index (χ1) is 23.1. The Labute approximate surface area is 272 Å². The number of ether oxygens (including phenoxy) is 1. The molecule has 0 atom stereocenters. The van der Waals surface area contributed by atoms with Crippen molar-refractivity contribution in [3.8, 4) is 28.5 Å². The monoisotopic (exact) mass is 695 g/mol. The van der Waals surface area contributed by atoms with Crippen molar-refractivity contribution in [2.24, 2.45) is 5.73 Å². The standard InChI is InChI=1S/C27H26F3N9O3.C2HF3O2/c1-2-39-23-19(41-11-5-10-31)14-33-20(21(23)36-25(39)22-24(32)38-42-37-22)15-6-3-8-17(12-15)34-26(40)35-18-9-4-7-16(13-18)27(28,29)30;3-2(4,5)1(6)7/h3-4,6-9,12-14H,2,5,10-11,31H2,1H3,(H2,32,38)(H2,34,35,40);(H,6,7). The first kappa shape index (κ1) is 35.9. The SMILES string of the molecule is CCn1c(-c2nonc2N)nc2c(-c3cccc(NC(=O)Nc4cccc(C(F)(F)F)c4)c3)ncc(OCCCN)c21.O=C(O)C(F)(F)F. The Morgan fingerprint density at radius 2 is 1.65 bits per heavy atom. The van der Waals surface area contributed by atoms with E-state index in [1.165, 1.54) is 12.1 Å². The Morgan fingerprint density at radius 3 is 2.22 bits per heavy atom. The van der Waals surface area contributed by atoms with Gasteiger partial charge in [-0.25, -0.2) is 24.2 Å². The molecular formula is C29H27F6N9O5. The van der Waals surface area contributed by atoms with Crippen molar-refractivity contribution in [1.29, 1.82) is 0 Å². The zero-order valence-corrected chi connectivity index (χ0v) is 25.3. The van der Waals surface area contributed by atoms with Crippen LogP contribution < -0.4 is 26.8 Å². The van der Waals surface area contributed by atoms with Crippen molar-refractivity contribution in [3.05, 3.63) is 60.3 Å². The van der Waals surface area contributed by atoms with Crippen LogP contribution in [0.3, 0.4) is 0 Å². The van der Waals surface area contributed by atoms with E-state index in [2.05, 4.69) is 25.9 Å². The number of carbonyl (C=O) groups is 2. The van der Waals surface area contributed by atoms with Crippen LogP contribution in [0, 0.1) is 0 Å². The number of nitrogens with two attached hydrogens (primary N) is 2. The number of aliphatic carboxylic acids is 1. The van der Waals surface area contributed by atoms with Crippen molar-refractivity contribution in [2.75, 3.05) is 29.5 Å². The van der Waals surface area contributed by atoms with Gasteiger partial charge in [-0.15, -0.1) is 0 Å². The maximum absolute atomic E-state index is 13.0. The zero-order chi connectivity index (χ0) is 35.9. The molecule has 5 aromatic rings. The Bertz CT molecular complexity index is 1940. The molecule has 0 aliphatic heterocycles. The lowest BCUT2D eigenvalue weighted by Crippen LogP contribution is -2.21. The maximum atomic E-state index is 13.0. The van der Waals surface area contributed by atoms with Crippen molar-refractivity contribution in [2.45, 2.75) is 32.2 Å². The van der Waals surface area contributed by atoms with Gasteiger partial charge in [0.15, 0.2) is 23.1 Å². The van der Waals surface area contributed by atoms with Crippen LogP contribution in [0.15, 0.2) is 59.4 Å². The molecule has 7 N–H and O–H groups in total. The fraction of sp³-hybridized carbons (Fsp3) is 0.241. The lowest BCUT2D eigenvalue weighted by Gasteiger charge is -2.13. The number of nitrogens with one attached hydrogen (secondary N) is 2. The van der Waals surface area contributed by atoms with Crippen LogP contribution in [-0.2, 0) is 17.5 Å². The minimum absolute atomic E-state index is 0.00803. The number of alkyl halides is 6. The number of fused-ring (bicyclic) bond motifs is 1. The van der Waals surface area contributed by atoms with Crippen molar-refractivity contribution < 1.29 is 50.4 Å². The van der Waals surface area contributed by atoms with Crippen LogP contribution in [-0.4, -0.2) is 61.3 Å². The number of nitrogen functional groups attached to an aromatic ring is 1. The second-order valence-electron chi connectivity index (χ2n) is 9.88. The second-order valence-corrected chi connectivity index (χ2v) is 9.88. The highest BCUT2D eigenvalue weighted by atomic mass is 19.4. The molecule has 0 fully saturated rings. The average Bonchev–Trinajstić information content (AvgIpc) is 3.64. The predicted molar refractivity (Wildman–Crippen MR) is 163 cm³/mol. The molecule has 14 nitrogen and oxygen atoms in total. The van der Waals surface area contributed by atoms with Gasteiger partial charge in [-0.05, 0) is 60.5 Å². The van der Waals surface area contributed by atoms with Gasteiger partial charge in [-0.3, -0.25) is 0 Å². The number of urea groups is 1. The van der Waals surface area contributed by atoms with Crippen molar-refractivity contribution in [3.63, 3.8) is 0 Å². The number of pyridine rings is 1. The quantitative estimate of drug-likeness (QED) is 0.0923. The minimum atomic E-state index is -5.08. The summed E-state index contributed by atoms with van der Waals surface area (Å²) in [6.07, 6.45) is -7.41. The number of carboxylic acids is 1. The molecule has 2 amide bonds. The van der Waals surface area contributed by atoms with E-state index in [1.807, 2.05) is 11.5 Å². The molecular weight excluding hydrogens is 668 g/mol. The molecule has 5 rings (SSSR count). The van der Waals surface area contributed by atoms with E-state index in [-0.39, 0.29) is 17.2 Å². The number of nitrogens with zero attached hydrogens (tertiary/aromatic N) is 5. The van der Waals surface area contributed by atoms with Gasteiger partial charge in [0, 0.05) is 23.5 Å². The minimum Gasteiger partial charge on any atom is -0.490 e. The molecule has 0 radical (unpaired) electrons. The first-order valence-corrected chi connectivity index (χ1v) is 14.1. The average molecular weight is 696 g/mol. The fourth-order valence-electron chi connectivity index (χ4n) is 4.35. The molecule has 260 valence electrons. The molecule has 20 heteroatoms. The van der Waals surface area contributed by atoms with E-state index in [4.69, 9.17) is 35.7 Å². The molecule has 0 aliphatic carbocycles. The van der Waals surface area contributed by atoms with Crippen molar-refractivity contribution >= 4 is 40.2 Å². The summed E-state index contributed by atoms with van der Waals surface area (Å²) in [5.41, 5.74) is 13.5. The maximum Gasteiger partial charge on any atom is 0.490 e. The summed E-state index contributed by atoms with van der Waals surface area (Å²) in [4.78, 5) is 30.9. The zero-order valence-electron chi connectivity index (χ0n) is 25.3. The molecule has 0 saturated carbocycles. The number of imidazole rings is 1. The number of aromatic nitrogens is 5. The van der Waals surface area contributed by atoms with Crippen LogP contribution >= 0.6 is 0 Å².